The van der Waals surface area contributed by atoms with Crippen molar-refractivity contribution in [2.75, 3.05) is 6.54 Å². The lowest BCUT2D eigenvalue weighted by molar-refractivity contribution is -0.0509. The highest BCUT2D eigenvalue weighted by Crippen LogP contribution is 2.38. The number of halogens is 2. The first-order chi connectivity index (χ1) is 9.72. The van der Waals surface area contributed by atoms with Crippen LogP contribution in [0.3, 0.4) is 0 Å². The highest BCUT2D eigenvalue weighted by Gasteiger charge is 2.27. The van der Waals surface area contributed by atoms with Crippen LogP contribution in [0.4, 0.5) is 8.78 Å². The van der Waals surface area contributed by atoms with Crippen LogP contribution in [0.1, 0.15) is 50.6 Å². The Balaban J connectivity index is 2.23. The number of para-hydroxylation sites is 1. The molecule has 1 aliphatic rings. The molecule has 0 bridgehead atoms. The highest BCUT2D eigenvalue weighted by molar-refractivity contribution is 5.36. The van der Waals surface area contributed by atoms with Crippen LogP contribution < -0.4 is 10.1 Å². The van der Waals surface area contributed by atoms with Gasteiger partial charge in [-0.1, -0.05) is 44.4 Å². The van der Waals surface area contributed by atoms with Crippen molar-refractivity contribution in [3.05, 3.63) is 29.8 Å². The third-order valence-corrected chi connectivity index (χ3v) is 4.02. The molecule has 0 aromatic heterocycles. The average molecular weight is 283 g/mol. The third kappa shape index (κ3) is 3.92. The van der Waals surface area contributed by atoms with Crippen LogP contribution in [0, 0.1) is 5.92 Å². The standard InChI is InChI=1S/C16H23F2NO/c1-2-19-15(12-8-4-3-5-9-12)13-10-6-7-11-14(13)20-16(17)18/h6-7,10-12,15-16,19H,2-5,8-9H2,1H3. The van der Waals surface area contributed by atoms with Crippen molar-refractivity contribution in [3.63, 3.8) is 0 Å². The van der Waals surface area contributed by atoms with Crippen LogP contribution >= 0.6 is 0 Å². The van der Waals surface area contributed by atoms with Gasteiger partial charge in [0.1, 0.15) is 5.75 Å². The zero-order valence-corrected chi connectivity index (χ0v) is 11.9. The molecule has 0 spiro atoms. The summed E-state index contributed by atoms with van der Waals surface area (Å²) in [5.41, 5.74) is 0.863. The Kier molecular flexibility index (Phi) is 5.77. The summed E-state index contributed by atoms with van der Waals surface area (Å²) in [4.78, 5) is 0. The fourth-order valence-corrected chi connectivity index (χ4v) is 3.16. The Labute approximate surface area is 119 Å². The smallest absolute Gasteiger partial charge is 0.387 e. The Morgan fingerprint density at radius 2 is 1.90 bits per heavy atom. The molecule has 0 amide bonds. The molecule has 1 unspecified atom stereocenters. The van der Waals surface area contributed by atoms with E-state index in [1.165, 1.54) is 19.3 Å². The van der Waals surface area contributed by atoms with Gasteiger partial charge in [-0.3, -0.25) is 0 Å². The van der Waals surface area contributed by atoms with Gasteiger partial charge >= 0.3 is 6.61 Å². The molecule has 0 saturated heterocycles. The minimum atomic E-state index is -2.77. The SMILES string of the molecule is CCNC(c1ccccc1OC(F)F)C1CCCCC1. The first kappa shape index (κ1) is 15.2. The van der Waals surface area contributed by atoms with Crippen LogP contribution in [-0.2, 0) is 0 Å². The maximum absolute atomic E-state index is 12.5. The Morgan fingerprint density at radius 1 is 1.20 bits per heavy atom. The van der Waals surface area contributed by atoms with Gasteiger partial charge in [-0.2, -0.15) is 8.78 Å². The van der Waals surface area contributed by atoms with Crippen LogP contribution in [0.15, 0.2) is 24.3 Å². The molecule has 1 saturated carbocycles. The molecule has 1 fully saturated rings. The fourth-order valence-electron chi connectivity index (χ4n) is 3.16. The number of ether oxygens (including phenoxy) is 1. The monoisotopic (exact) mass is 283 g/mol. The summed E-state index contributed by atoms with van der Waals surface area (Å²) in [7, 11) is 0. The van der Waals surface area contributed by atoms with E-state index in [1.807, 2.05) is 19.1 Å². The molecule has 0 heterocycles. The Hall–Kier alpha value is -1.16. The first-order valence-corrected chi connectivity index (χ1v) is 7.49. The summed E-state index contributed by atoms with van der Waals surface area (Å²) in [6, 6.07) is 7.27. The number of rotatable bonds is 6. The van der Waals surface area contributed by atoms with Crippen LogP contribution in [0.25, 0.3) is 0 Å². The van der Waals surface area contributed by atoms with E-state index < -0.39 is 6.61 Å². The summed E-state index contributed by atoms with van der Waals surface area (Å²) < 4.78 is 29.8. The number of hydrogen-bond acceptors (Lipinski definition) is 2. The van der Waals surface area contributed by atoms with Crippen molar-refractivity contribution in [3.8, 4) is 5.75 Å². The fraction of sp³-hybridized carbons (Fsp3) is 0.625. The second kappa shape index (κ2) is 7.58. The zero-order chi connectivity index (χ0) is 14.4. The maximum Gasteiger partial charge on any atom is 0.387 e. The van der Waals surface area contributed by atoms with Gasteiger partial charge in [-0.25, -0.2) is 0 Å². The van der Waals surface area contributed by atoms with E-state index in [2.05, 4.69) is 5.32 Å². The van der Waals surface area contributed by atoms with Gasteiger partial charge < -0.3 is 10.1 Å². The molecular weight excluding hydrogens is 260 g/mol. The van der Waals surface area contributed by atoms with Crippen LogP contribution in [0.5, 0.6) is 5.75 Å². The molecule has 2 rings (SSSR count). The first-order valence-electron chi connectivity index (χ1n) is 7.49. The highest BCUT2D eigenvalue weighted by atomic mass is 19.3. The molecule has 1 atom stereocenters. The molecule has 0 aliphatic heterocycles. The van der Waals surface area contributed by atoms with Crippen LogP contribution in [-0.4, -0.2) is 13.2 Å². The van der Waals surface area contributed by atoms with Gasteiger partial charge in [0.15, 0.2) is 0 Å². The van der Waals surface area contributed by atoms with E-state index in [0.717, 1.165) is 24.9 Å². The van der Waals surface area contributed by atoms with Crippen molar-refractivity contribution in [2.24, 2.45) is 5.92 Å². The largest absolute Gasteiger partial charge is 0.434 e. The quantitative estimate of drug-likeness (QED) is 0.829. The number of nitrogens with one attached hydrogen (secondary N) is 1. The van der Waals surface area contributed by atoms with Crippen molar-refractivity contribution in [1.29, 1.82) is 0 Å². The van der Waals surface area contributed by atoms with Crippen molar-refractivity contribution in [2.45, 2.75) is 51.7 Å². The number of hydrogen-bond donors (Lipinski definition) is 1. The van der Waals surface area contributed by atoms with E-state index in [1.54, 1.807) is 12.1 Å². The maximum atomic E-state index is 12.5. The second-order valence-electron chi connectivity index (χ2n) is 5.35. The Morgan fingerprint density at radius 3 is 2.55 bits per heavy atom. The van der Waals surface area contributed by atoms with E-state index in [9.17, 15) is 8.78 Å². The average Bonchev–Trinajstić information content (AvgIpc) is 2.46. The number of alkyl halides is 2. The molecule has 1 N–H and O–H groups in total. The van der Waals surface area contributed by atoms with Crippen molar-refractivity contribution in [1.82, 2.24) is 5.32 Å². The summed E-state index contributed by atoms with van der Waals surface area (Å²) in [5.74, 6) is 0.810. The summed E-state index contributed by atoms with van der Waals surface area (Å²) in [6.45, 7) is 0.0983. The predicted molar refractivity (Wildman–Crippen MR) is 76.1 cm³/mol. The molecule has 112 valence electrons. The lowest BCUT2D eigenvalue weighted by atomic mass is 9.81. The molecule has 1 aromatic rings. The van der Waals surface area contributed by atoms with Gasteiger partial charge in [0.05, 0.1) is 0 Å². The predicted octanol–water partition coefficient (Wildman–Crippen LogP) is 4.52. The van der Waals surface area contributed by atoms with E-state index in [0.29, 0.717) is 11.7 Å². The van der Waals surface area contributed by atoms with Gasteiger partial charge in [-0.15, -0.1) is 0 Å². The molecule has 1 aliphatic carbocycles. The van der Waals surface area contributed by atoms with E-state index >= 15 is 0 Å². The van der Waals surface area contributed by atoms with E-state index in [-0.39, 0.29) is 6.04 Å². The topological polar surface area (TPSA) is 21.3 Å². The Bertz CT molecular complexity index is 405. The molecule has 1 aromatic carbocycles. The molecule has 20 heavy (non-hydrogen) atoms. The molecular formula is C16H23F2NO. The van der Waals surface area contributed by atoms with Crippen LogP contribution in [0.2, 0.25) is 0 Å². The third-order valence-electron chi connectivity index (χ3n) is 4.02. The van der Waals surface area contributed by atoms with Crippen molar-refractivity contribution < 1.29 is 13.5 Å². The second-order valence-corrected chi connectivity index (χ2v) is 5.35. The number of benzene rings is 1. The minimum Gasteiger partial charge on any atom is -0.434 e. The van der Waals surface area contributed by atoms with E-state index in [4.69, 9.17) is 4.74 Å². The lowest BCUT2D eigenvalue weighted by Crippen LogP contribution is -2.30. The van der Waals surface area contributed by atoms with Gasteiger partial charge in [-0.05, 0) is 31.4 Å². The molecule has 2 nitrogen and oxygen atoms in total. The molecule has 4 heteroatoms. The lowest BCUT2D eigenvalue weighted by Gasteiger charge is -2.32. The summed E-state index contributed by atoms with van der Waals surface area (Å²) in [6.07, 6.45) is 6.04. The molecule has 0 radical (unpaired) electrons. The van der Waals surface area contributed by atoms with Gasteiger partial charge in [0, 0.05) is 11.6 Å². The summed E-state index contributed by atoms with van der Waals surface area (Å²) in [5, 5.41) is 3.46. The van der Waals surface area contributed by atoms with Gasteiger partial charge in [0.25, 0.3) is 0 Å². The zero-order valence-electron chi connectivity index (χ0n) is 11.9. The minimum absolute atomic E-state index is 0.107. The normalized spacial score (nSPS) is 18.2. The van der Waals surface area contributed by atoms with Crippen molar-refractivity contribution >= 4 is 0 Å². The summed E-state index contributed by atoms with van der Waals surface area (Å²) >= 11 is 0. The van der Waals surface area contributed by atoms with Gasteiger partial charge in [0.2, 0.25) is 0 Å².